The molecular formula is C14H25N3O3. The van der Waals surface area contributed by atoms with Gasteiger partial charge in [0, 0.05) is 19.1 Å². The third kappa shape index (κ3) is 3.62. The fourth-order valence-corrected chi connectivity index (χ4v) is 3.38. The molecule has 1 saturated heterocycles. The van der Waals surface area contributed by atoms with E-state index >= 15 is 0 Å². The SMILES string of the molecule is CNCC1CCCN(C(=O)NC2CCCC2C(=O)O)C1. The second-order valence-electron chi connectivity index (χ2n) is 5.94. The van der Waals surface area contributed by atoms with Crippen LogP contribution in [0.1, 0.15) is 32.1 Å². The summed E-state index contributed by atoms with van der Waals surface area (Å²) in [6, 6.07) is -0.298. The standard InChI is InChI=1S/C14H25N3O3/c1-15-8-10-4-3-7-17(9-10)14(20)16-12-6-2-5-11(12)13(18)19/h10-12,15H,2-9H2,1H3,(H,16,20)(H,18,19). The van der Waals surface area contributed by atoms with Crippen LogP contribution in [0.3, 0.4) is 0 Å². The minimum atomic E-state index is -0.792. The number of hydrogen-bond acceptors (Lipinski definition) is 3. The Morgan fingerprint density at radius 2 is 2.05 bits per heavy atom. The Morgan fingerprint density at radius 3 is 2.75 bits per heavy atom. The molecule has 3 atom stereocenters. The molecular weight excluding hydrogens is 258 g/mol. The van der Waals surface area contributed by atoms with Gasteiger partial charge in [-0.05, 0) is 45.2 Å². The van der Waals surface area contributed by atoms with Gasteiger partial charge in [0.15, 0.2) is 0 Å². The van der Waals surface area contributed by atoms with E-state index in [2.05, 4.69) is 10.6 Å². The molecule has 2 rings (SSSR count). The van der Waals surface area contributed by atoms with Crippen molar-refractivity contribution in [2.45, 2.75) is 38.1 Å². The fourth-order valence-electron chi connectivity index (χ4n) is 3.38. The van der Waals surface area contributed by atoms with Crippen LogP contribution in [0.15, 0.2) is 0 Å². The van der Waals surface area contributed by atoms with Crippen LogP contribution >= 0.6 is 0 Å². The summed E-state index contributed by atoms with van der Waals surface area (Å²) in [5.41, 5.74) is 0. The molecule has 2 amide bonds. The Morgan fingerprint density at radius 1 is 1.25 bits per heavy atom. The second kappa shape index (κ2) is 6.92. The first kappa shape index (κ1) is 15.1. The number of rotatable bonds is 4. The van der Waals surface area contributed by atoms with Crippen molar-refractivity contribution in [1.29, 1.82) is 0 Å². The molecule has 0 aromatic heterocycles. The van der Waals surface area contributed by atoms with E-state index in [0.717, 1.165) is 45.3 Å². The number of aliphatic carboxylic acids is 1. The number of urea groups is 1. The van der Waals surface area contributed by atoms with E-state index in [9.17, 15) is 9.59 Å². The van der Waals surface area contributed by atoms with Crippen molar-refractivity contribution in [2.24, 2.45) is 11.8 Å². The predicted molar refractivity (Wildman–Crippen MR) is 75.5 cm³/mol. The van der Waals surface area contributed by atoms with Gasteiger partial charge in [0.05, 0.1) is 5.92 Å². The molecule has 1 aliphatic carbocycles. The third-order valence-corrected chi connectivity index (χ3v) is 4.44. The molecule has 1 aliphatic heterocycles. The van der Waals surface area contributed by atoms with Gasteiger partial charge in [-0.2, -0.15) is 0 Å². The van der Waals surface area contributed by atoms with Crippen LogP contribution in [0.5, 0.6) is 0 Å². The van der Waals surface area contributed by atoms with E-state index in [0.29, 0.717) is 12.3 Å². The number of carboxylic acid groups (broad SMARTS) is 1. The van der Waals surface area contributed by atoms with Crippen LogP contribution in [-0.2, 0) is 4.79 Å². The van der Waals surface area contributed by atoms with Crippen LogP contribution in [0.4, 0.5) is 4.79 Å². The van der Waals surface area contributed by atoms with Gasteiger partial charge in [-0.3, -0.25) is 4.79 Å². The molecule has 0 aromatic carbocycles. The zero-order chi connectivity index (χ0) is 14.5. The van der Waals surface area contributed by atoms with Gasteiger partial charge in [-0.25, -0.2) is 4.79 Å². The van der Waals surface area contributed by atoms with Crippen molar-refractivity contribution in [1.82, 2.24) is 15.5 Å². The first-order chi connectivity index (χ1) is 9.61. The highest BCUT2D eigenvalue weighted by molar-refractivity contribution is 5.77. The van der Waals surface area contributed by atoms with Crippen LogP contribution in [0.25, 0.3) is 0 Å². The minimum absolute atomic E-state index is 0.0936. The van der Waals surface area contributed by atoms with Crippen LogP contribution in [0, 0.1) is 11.8 Å². The molecule has 0 radical (unpaired) electrons. The molecule has 1 saturated carbocycles. The van der Waals surface area contributed by atoms with Gasteiger partial charge in [-0.1, -0.05) is 6.42 Å². The molecule has 0 bridgehead atoms. The second-order valence-corrected chi connectivity index (χ2v) is 5.94. The average Bonchev–Trinajstić information content (AvgIpc) is 2.88. The largest absolute Gasteiger partial charge is 0.481 e. The lowest BCUT2D eigenvalue weighted by molar-refractivity contribution is -0.142. The number of nitrogens with one attached hydrogen (secondary N) is 2. The molecule has 2 fully saturated rings. The van der Waals surface area contributed by atoms with E-state index in [4.69, 9.17) is 5.11 Å². The van der Waals surface area contributed by atoms with Crippen LogP contribution in [0.2, 0.25) is 0 Å². The summed E-state index contributed by atoms with van der Waals surface area (Å²) in [5, 5.41) is 15.2. The van der Waals surface area contributed by atoms with Crippen molar-refractivity contribution >= 4 is 12.0 Å². The third-order valence-electron chi connectivity index (χ3n) is 4.44. The van der Waals surface area contributed by atoms with Gasteiger partial charge >= 0.3 is 12.0 Å². The van der Waals surface area contributed by atoms with Crippen LogP contribution in [-0.4, -0.2) is 54.7 Å². The number of likely N-dealkylation sites (tertiary alicyclic amines) is 1. The minimum Gasteiger partial charge on any atom is -0.481 e. The Balaban J connectivity index is 1.86. The van der Waals surface area contributed by atoms with Gasteiger partial charge in [0.2, 0.25) is 0 Å². The lowest BCUT2D eigenvalue weighted by Crippen LogP contribution is -2.51. The van der Waals surface area contributed by atoms with E-state index in [1.165, 1.54) is 0 Å². The van der Waals surface area contributed by atoms with Gasteiger partial charge < -0.3 is 20.6 Å². The molecule has 0 aromatic rings. The molecule has 1 heterocycles. The fraction of sp³-hybridized carbons (Fsp3) is 0.857. The monoisotopic (exact) mass is 283 g/mol. The summed E-state index contributed by atoms with van der Waals surface area (Å²) < 4.78 is 0. The Labute approximate surface area is 119 Å². The van der Waals surface area contributed by atoms with Gasteiger partial charge in [-0.15, -0.1) is 0 Å². The van der Waals surface area contributed by atoms with Crippen molar-refractivity contribution in [3.63, 3.8) is 0 Å². The van der Waals surface area contributed by atoms with Crippen molar-refractivity contribution in [3.8, 4) is 0 Å². The highest BCUT2D eigenvalue weighted by Crippen LogP contribution is 2.26. The number of hydrogen-bond donors (Lipinski definition) is 3. The lowest BCUT2D eigenvalue weighted by atomic mass is 9.98. The summed E-state index contributed by atoms with van der Waals surface area (Å²) in [5.74, 6) is -0.713. The number of nitrogens with zero attached hydrogens (tertiary/aromatic N) is 1. The highest BCUT2D eigenvalue weighted by atomic mass is 16.4. The Bertz CT molecular complexity index is 360. The molecule has 6 heteroatoms. The maximum atomic E-state index is 12.3. The molecule has 3 N–H and O–H groups in total. The molecule has 3 unspecified atom stereocenters. The molecule has 20 heavy (non-hydrogen) atoms. The van der Waals surface area contributed by atoms with E-state index in [1.807, 2.05) is 11.9 Å². The van der Waals surface area contributed by atoms with E-state index in [1.54, 1.807) is 0 Å². The average molecular weight is 283 g/mol. The topological polar surface area (TPSA) is 81.7 Å². The number of carbonyl (C=O) groups is 2. The van der Waals surface area contributed by atoms with Crippen LogP contribution < -0.4 is 10.6 Å². The number of carbonyl (C=O) groups excluding carboxylic acids is 1. The van der Waals surface area contributed by atoms with E-state index in [-0.39, 0.29) is 12.1 Å². The summed E-state index contributed by atoms with van der Waals surface area (Å²) in [6.45, 7) is 2.46. The van der Waals surface area contributed by atoms with E-state index < -0.39 is 11.9 Å². The Kier molecular flexibility index (Phi) is 5.23. The molecule has 114 valence electrons. The van der Waals surface area contributed by atoms with Crippen molar-refractivity contribution in [2.75, 3.05) is 26.7 Å². The first-order valence-electron chi connectivity index (χ1n) is 7.54. The molecule has 2 aliphatic rings. The number of amides is 2. The summed E-state index contributed by atoms with van der Waals surface area (Å²) in [7, 11) is 1.93. The summed E-state index contributed by atoms with van der Waals surface area (Å²) in [6.07, 6.45) is 4.49. The first-order valence-corrected chi connectivity index (χ1v) is 7.54. The number of piperidine rings is 1. The molecule has 6 nitrogen and oxygen atoms in total. The maximum absolute atomic E-state index is 12.3. The zero-order valence-electron chi connectivity index (χ0n) is 12.1. The van der Waals surface area contributed by atoms with Gasteiger partial charge in [0.1, 0.15) is 0 Å². The Hall–Kier alpha value is -1.30. The summed E-state index contributed by atoms with van der Waals surface area (Å²) >= 11 is 0. The quantitative estimate of drug-likeness (QED) is 0.715. The molecule has 0 spiro atoms. The van der Waals surface area contributed by atoms with Crippen molar-refractivity contribution in [3.05, 3.63) is 0 Å². The lowest BCUT2D eigenvalue weighted by Gasteiger charge is -2.34. The zero-order valence-corrected chi connectivity index (χ0v) is 12.1. The van der Waals surface area contributed by atoms with Gasteiger partial charge in [0.25, 0.3) is 0 Å². The normalized spacial score (nSPS) is 30.2. The maximum Gasteiger partial charge on any atom is 0.317 e. The smallest absolute Gasteiger partial charge is 0.317 e. The highest BCUT2D eigenvalue weighted by Gasteiger charge is 2.35. The van der Waals surface area contributed by atoms with Crippen molar-refractivity contribution < 1.29 is 14.7 Å². The number of carboxylic acids is 1. The predicted octanol–water partition coefficient (Wildman–Crippen LogP) is 0.881. The summed E-state index contributed by atoms with van der Waals surface area (Å²) in [4.78, 5) is 25.2.